The lowest BCUT2D eigenvalue weighted by Crippen LogP contribution is -2.15. The van der Waals surface area contributed by atoms with E-state index in [2.05, 4.69) is 10.3 Å². The second-order valence-electron chi connectivity index (χ2n) is 4.46. The van der Waals surface area contributed by atoms with Crippen molar-refractivity contribution in [3.63, 3.8) is 0 Å². The summed E-state index contributed by atoms with van der Waals surface area (Å²) in [7, 11) is 0. The monoisotopic (exact) mass is 292 g/mol. The Kier molecular flexibility index (Phi) is 3.81. The van der Waals surface area contributed by atoms with Crippen LogP contribution in [0.25, 0.3) is 0 Å². The highest BCUT2D eigenvalue weighted by molar-refractivity contribution is 6.30. The van der Waals surface area contributed by atoms with E-state index in [9.17, 15) is 9.59 Å². The molecular weight excluding hydrogens is 280 g/mol. The number of aromatic carboxylic acids is 1. The lowest BCUT2D eigenvalue weighted by Gasteiger charge is -2.07. The summed E-state index contributed by atoms with van der Waals surface area (Å²) in [6.07, 6.45) is 0. The minimum Gasteiger partial charge on any atom is -0.477 e. The third kappa shape index (κ3) is 2.83. The van der Waals surface area contributed by atoms with Crippen LogP contribution in [-0.4, -0.2) is 22.0 Å². The van der Waals surface area contributed by atoms with E-state index >= 15 is 0 Å². The minimum absolute atomic E-state index is 0.0394. The van der Waals surface area contributed by atoms with Crippen molar-refractivity contribution in [3.05, 3.63) is 51.8 Å². The number of halogens is 1. The van der Waals surface area contributed by atoms with E-state index in [0.29, 0.717) is 16.3 Å². The van der Waals surface area contributed by atoms with Crippen molar-refractivity contribution < 1.29 is 14.7 Å². The molecule has 2 aromatic rings. The molecule has 0 atom stereocenters. The molecule has 3 N–H and O–H groups in total. The highest BCUT2D eigenvalue weighted by Crippen LogP contribution is 2.20. The van der Waals surface area contributed by atoms with Gasteiger partial charge in [0.2, 0.25) is 0 Å². The van der Waals surface area contributed by atoms with Crippen LogP contribution in [0, 0.1) is 13.8 Å². The lowest BCUT2D eigenvalue weighted by atomic mass is 10.1. The molecular formula is C14H13ClN2O3. The summed E-state index contributed by atoms with van der Waals surface area (Å²) in [5.41, 5.74) is 2.03. The maximum atomic E-state index is 12.2. The van der Waals surface area contributed by atoms with E-state index in [4.69, 9.17) is 16.7 Å². The molecule has 0 saturated carbocycles. The Bertz CT molecular complexity index is 692. The molecule has 2 rings (SSSR count). The highest BCUT2D eigenvalue weighted by Gasteiger charge is 2.17. The van der Waals surface area contributed by atoms with Crippen molar-refractivity contribution in [2.75, 3.05) is 5.32 Å². The van der Waals surface area contributed by atoms with Crippen molar-refractivity contribution >= 4 is 29.2 Å². The van der Waals surface area contributed by atoms with Crippen LogP contribution in [0.5, 0.6) is 0 Å². The molecule has 1 amide bonds. The van der Waals surface area contributed by atoms with Gasteiger partial charge >= 0.3 is 5.97 Å². The molecule has 0 radical (unpaired) electrons. The average molecular weight is 293 g/mol. The smallest absolute Gasteiger partial charge is 0.354 e. The number of aromatic nitrogens is 1. The maximum absolute atomic E-state index is 12.2. The second kappa shape index (κ2) is 5.38. The first-order valence-corrected chi connectivity index (χ1v) is 6.26. The maximum Gasteiger partial charge on any atom is 0.354 e. The van der Waals surface area contributed by atoms with Crippen LogP contribution in [0.15, 0.2) is 24.3 Å². The summed E-state index contributed by atoms with van der Waals surface area (Å²) in [5.74, 6) is -1.50. The number of rotatable bonds is 3. The normalized spacial score (nSPS) is 10.3. The van der Waals surface area contributed by atoms with E-state index in [-0.39, 0.29) is 17.3 Å². The first-order valence-electron chi connectivity index (χ1n) is 5.89. The Balaban J connectivity index is 2.30. The lowest BCUT2D eigenvalue weighted by molar-refractivity contribution is 0.0692. The molecule has 1 heterocycles. The standard InChI is InChI=1S/C14H13ClN2O3/c1-7-5-9(15)3-4-10(7)13(18)17-11-6-8(2)16-12(11)14(19)20/h3-6,16H,1-2H3,(H,17,18)(H,19,20). The molecule has 0 aliphatic rings. The molecule has 6 heteroatoms. The van der Waals surface area contributed by atoms with Crippen molar-refractivity contribution in [3.8, 4) is 0 Å². The number of carboxylic acids is 1. The van der Waals surface area contributed by atoms with E-state index < -0.39 is 5.97 Å². The fourth-order valence-electron chi connectivity index (χ4n) is 1.93. The average Bonchev–Trinajstić information content (AvgIpc) is 2.70. The molecule has 0 saturated heterocycles. The SMILES string of the molecule is Cc1cc(NC(=O)c2ccc(Cl)cc2C)c(C(=O)O)[nH]1. The van der Waals surface area contributed by atoms with Crippen molar-refractivity contribution in [2.45, 2.75) is 13.8 Å². The molecule has 1 aromatic carbocycles. The molecule has 0 aliphatic heterocycles. The number of carbonyl (C=O) groups is 2. The van der Waals surface area contributed by atoms with Gasteiger partial charge in [-0.15, -0.1) is 0 Å². The van der Waals surface area contributed by atoms with E-state index in [0.717, 1.165) is 5.56 Å². The fourth-order valence-corrected chi connectivity index (χ4v) is 2.15. The van der Waals surface area contributed by atoms with Gasteiger partial charge in [-0.05, 0) is 43.7 Å². The number of aromatic amines is 1. The number of nitrogens with one attached hydrogen (secondary N) is 2. The van der Waals surface area contributed by atoms with Crippen LogP contribution >= 0.6 is 11.6 Å². The summed E-state index contributed by atoms with van der Waals surface area (Å²) < 4.78 is 0. The summed E-state index contributed by atoms with van der Waals surface area (Å²) in [6.45, 7) is 3.48. The van der Waals surface area contributed by atoms with Gasteiger partial charge in [0.15, 0.2) is 0 Å². The zero-order valence-electron chi connectivity index (χ0n) is 11.0. The van der Waals surface area contributed by atoms with Crippen molar-refractivity contribution in [1.29, 1.82) is 0 Å². The number of H-pyrrole nitrogens is 1. The van der Waals surface area contributed by atoms with Gasteiger partial charge in [-0.2, -0.15) is 0 Å². The molecule has 0 spiro atoms. The van der Waals surface area contributed by atoms with Gasteiger partial charge in [-0.1, -0.05) is 11.6 Å². The van der Waals surface area contributed by atoms with Crippen LogP contribution in [0.3, 0.4) is 0 Å². The Morgan fingerprint density at radius 1 is 1.25 bits per heavy atom. The Labute approximate surface area is 120 Å². The Morgan fingerprint density at radius 2 is 1.95 bits per heavy atom. The summed E-state index contributed by atoms with van der Waals surface area (Å²) in [6, 6.07) is 6.47. The van der Waals surface area contributed by atoms with Gasteiger partial charge in [0.25, 0.3) is 5.91 Å². The molecule has 0 bridgehead atoms. The van der Waals surface area contributed by atoms with Crippen LogP contribution in [0.1, 0.15) is 32.1 Å². The summed E-state index contributed by atoms with van der Waals surface area (Å²) in [4.78, 5) is 25.9. The van der Waals surface area contributed by atoms with Gasteiger partial charge in [0.1, 0.15) is 5.69 Å². The molecule has 1 aromatic heterocycles. The van der Waals surface area contributed by atoms with E-state index in [1.54, 1.807) is 38.1 Å². The van der Waals surface area contributed by atoms with Crippen LogP contribution in [0.2, 0.25) is 5.02 Å². The number of hydrogen-bond donors (Lipinski definition) is 3. The van der Waals surface area contributed by atoms with Crippen LogP contribution in [0.4, 0.5) is 5.69 Å². The molecule has 104 valence electrons. The van der Waals surface area contributed by atoms with Gasteiger partial charge in [-0.3, -0.25) is 4.79 Å². The third-order valence-corrected chi connectivity index (χ3v) is 3.08. The van der Waals surface area contributed by atoms with Gasteiger partial charge in [0.05, 0.1) is 5.69 Å². The van der Waals surface area contributed by atoms with Crippen molar-refractivity contribution in [2.24, 2.45) is 0 Å². The van der Waals surface area contributed by atoms with Gasteiger partial charge in [-0.25, -0.2) is 4.79 Å². The predicted octanol–water partition coefficient (Wildman–Crippen LogP) is 3.24. The van der Waals surface area contributed by atoms with Gasteiger partial charge < -0.3 is 15.4 Å². The largest absolute Gasteiger partial charge is 0.477 e. The van der Waals surface area contributed by atoms with Crippen LogP contribution in [-0.2, 0) is 0 Å². The molecule has 0 aliphatic carbocycles. The minimum atomic E-state index is -1.12. The molecule has 20 heavy (non-hydrogen) atoms. The quantitative estimate of drug-likeness (QED) is 0.812. The number of aryl methyl sites for hydroxylation is 2. The first-order chi connectivity index (χ1) is 9.38. The van der Waals surface area contributed by atoms with E-state index in [1.165, 1.54) is 0 Å². The fraction of sp³-hybridized carbons (Fsp3) is 0.143. The second-order valence-corrected chi connectivity index (χ2v) is 4.90. The topological polar surface area (TPSA) is 82.2 Å². The molecule has 5 nitrogen and oxygen atoms in total. The molecule has 0 unspecified atom stereocenters. The van der Waals surface area contributed by atoms with Crippen LogP contribution < -0.4 is 5.32 Å². The Hall–Kier alpha value is -2.27. The first kappa shape index (κ1) is 14.1. The number of carboxylic acid groups (broad SMARTS) is 1. The van der Waals surface area contributed by atoms with Gasteiger partial charge in [0, 0.05) is 16.3 Å². The predicted molar refractivity (Wildman–Crippen MR) is 76.6 cm³/mol. The zero-order valence-corrected chi connectivity index (χ0v) is 11.7. The highest BCUT2D eigenvalue weighted by atomic mass is 35.5. The number of anilines is 1. The third-order valence-electron chi connectivity index (χ3n) is 2.85. The number of carbonyl (C=O) groups excluding carboxylic acids is 1. The number of benzene rings is 1. The summed E-state index contributed by atoms with van der Waals surface area (Å²) in [5, 5.41) is 12.2. The molecule has 0 fully saturated rings. The Morgan fingerprint density at radius 3 is 2.55 bits per heavy atom. The zero-order chi connectivity index (χ0) is 14.9. The van der Waals surface area contributed by atoms with E-state index in [1.807, 2.05) is 0 Å². The van der Waals surface area contributed by atoms with Crippen molar-refractivity contribution in [1.82, 2.24) is 4.98 Å². The number of amides is 1. The number of hydrogen-bond acceptors (Lipinski definition) is 2. The summed E-state index contributed by atoms with van der Waals surface area (Å²) >= 11 is 5.84.